The highest BCUT2D eigenvalue weighted by molar-refractivity contribution is 5.61. The molecule has 0 saturated carbocycles. The van der Waals surface area contributed by atoms with E-state index in [0.29, 0.717) is 5.95 Å². The molecule has 0 unspecified atom stereocenters. The molecule has 0 amide bonds. The lowest BCUT2D eigenvalue weighted by molar-refractivity contribution is 0.415. The maximum absolute atomic E-state index is 5.61. The lowest BCUT2D eigenvalue weighted by Gasteiger charge is -2.04. The number of benzene rings is 1. The average molecular weight is 215 g/mol. The zero-order chi connectivity index (χ0) is 11.5. The maximum Gasteiger partial charge on any atom is 0.220 e. The van der Waals surface area contributed by atoms with Gasteiger partial charge >= 0.3 is 0 Å². The molecular formula is C12H13N3O. The van der Waals surface area contributed by atoms with Gasteiger partial charge in [-0.05, 0) is 37.3 Å². The van der Waals surface area contributed by atoms with E-state index in [9.17, 15) is 0 Å². The van der Waals surface area contributed by atoms with Crippen molar-refractivity contribution in [1.29, 1.82) is 0 Å². The third-order valence-corrected chi connectivity index (χ3v) is 2.26. The van der Waals surface area contributed by atoms with Crippen LogP contribution in [0.2, 0.25) is 0 Å². The minimum absolute atomic E-state index is 0.297. The van der Waals surface area contributed by atoms with Gasteiger partial charge in [-0.3, -0.25) is 0 Å². The lowest BCUT2D eigenvalue weighted by atomic mass is 10.1. The summed E-state index contributed by atoms with van der Waals surface area (Å²) < 4.78 is 5.10. The first-order chi connectivity index (χ1) is 7.69. The summed E-state index contributed by atoms with van der Waals surface area (Å²) in [4.78, 5) is 8.22. The fraction of sp³-hybridized carbons (Fsp3) is 0.167. The topological polar surface area (TPSA) is 61.0 Å². The lowest BCUT2D eigenvalue weighted by Crippen LogP contribution is -1.98. The van der Waals surface area contributed by atoms with Crippen LogP contribution in [0, 0.1) is 6.92 Å². The summed E-state index contributed by atoms with van der Waals surface area (Å²) in [7, 11) is 1.64. The van der Waals surface area contributed by atoms with Gasteiger partial charge in [-0.15, -0.1) is 0 Å². The van der Waals surface area contributed by atoms with Gasteiger partial charge in [0.2, 0.25) is 5.95 Å². The van der Waals surface area contributed by atoms with Gasteiger partial charge in [0.15, 0.2) is 0 Å². The van der Waals surface area contributed by atoms with Crippen LogP contribution in [0.1, 0.15) is 5.69 Å². The molecule has 1 heterocycles. The monoisotopic (exact) mass is 215 g/mol. The number of hydrogen-bond acceptors (Lipinski definition) is 4. The van der Waals surface area contributed by atoms with Crippen LogP contribution in [0.25, 0.3) is 11.3 Å². The number of nitrogens with two attached hydrogens (primary N) is 1. The fourth-order valence-corrected chi connectivity index (χ4v) is 1.50. The molecule has 2 rings (SSSR count). The Kier molecular flexibility index (Phi) is 2.72. The van der Waals surface area contributed by atoms with Crippen molar-refractivity contribution in [2.45, 2.75) is 6.92 Å². The molecule has 2 aromatic rings. The van der Waals surface area contributed by atoms with E-state index in [-0.39, 0.29) is 0 Å². The molecule has 82 valence electrons. The quantitative estimate of drug-likeness (QED) is 0.832. The number of ether oxygens (including phenoxy) is 1. The number of rotatable bonds is 2. The summed E-state index contributed by atoms with van der Waals surface area (Å²) >= 11 is 0. The summed E-state index contributed by atoms with van der Waals surface area (Å²) in [5.74, 6) is 1.12. The third-order valence-electron chi connectivity index (χ3n) is 2.26. The van der Waals surface area contributed by atoms with Crippen LogP contribution in [-0.2, 0) is 0 Å². The van der Waals surface area contributed by atoms with E-state index < -0.39 is 0 Å². The van der Waals surface area contributed by atoms with E-state index in [2.05, 4.69) is 9.97 Å². The van der Waals surface area contributed by atoms with Crippen molar-refractivity contribution in [3.8, 4) is 17.0 Å². The van der Waals surface area contributed by atoms with Crippen LogP contribution in [0.15, 0.2) is 30.3 Å². The van der Waals surface area contributed by atoms with Gasteiger partial charge < -0.3 is 10.5 Å². The Bertz CT molecular complexity index is 474. The molecule has 4 heteroatoms. The van der Waals surface area contributed by atoms with E-state index in [0.717, 1.165) is 22.7 Å². The zero-order valence-electron chi connectivity index (χ0n) is 9.27. The van der Waals surface area contributed by atoms with E-state index in [1.165, 1.54) is 0 Å². The van der Waals surface area contributed by atoms with E-state index in [1.54, 1.807) is 7.11 Å². The number of aryl methyl sites for hydroxylation is 1. The smallest absolute Gasteiger partial charge is 0.220 e. The molecule has 0 atom stereocenters. The van der Waals surface area contributed by atoms with Crippen LogP contribution >= 0.6 is 0 Å². The van der Waals surface area contributed by atoms with Crippen molar-refractivity contribution in [1.82, 2.24) is 9.97 Å². The molecular weight excluding hydrogens is 202 g/mol. The average Bonchev–Trinajstić information content (AvgIpc) is 2.28. The Labute approximate surface area is 94.1 Å². The second kappa shape index (κ2) is 4.18. The molecule has 0 aliphatic heterocycles. The highest BCUT2D eigenvalue weighted by Gasteiger charge is 2.02. The van der Waals surface area contributed by atoms with Gasteiger partial charge in [0, 0.05) is 11.3 Å². The number of nitrogens with zero attached hydrogens (tertiary/aromatic N) is 2. The molecule has 4 nitrogen and oxygen atoms in total. The molecule has 16 heavy (non-hydrogen) atoms. The molecule has 1 aromatic heterocycles. The number of methoxy groups -OCH3 is 1. The Hall–Kier alpha value is -2.10. The van der Waals surface area contributed by atoms with Gasteiger partial charge in [0.1, 0.15) is 5.75 Å². The maximum atomic E-state index is 5.61. The van der Waals surface area contributed by atoms with E-state index in [4.69, 9.17) is 10.5 Å². The molecule has 0 bridgehead atoms. The van der Waals surface area contributed by atoms with E-state index in [1.807, 2.05) is 37.3 Å². The van der Waals surface area contributed by atoms with Gasteiger partial charge in [-0.1, -0.05) is 0 Å². The fourth-order valence-electron chi connectivity index (χ4n) is 1.50. The van der Waals surface area contributed by atoms with Gasteiger partial charge in [0.05, 0.1) is 12.8 Å². The Morgan fingerprint density at radius 2 is 1.81 bits per heavy atom. The minimum atomic E-state index is 0.297. The molecule has 2 N–H and O–H groups in total. The second-order valence-electron chi connectivity index (χ2n) is 3.48. The molecule has 0 fully saturated rings. The van der Waals surface area contributed by atoms with Crippen LogP contribution in [-0.4, -0.2) is 17.1 Å². The molecule has 1 aromatic carbocycles. The highest BCUT2D eigenvalue weighted by Crippen LogP contribution is 2.21. The van der Waals surface area contributed by atoms with Gasteiger partial charge in [-0.25, -0.2) is 9.97 Å². The predicted octanol–water partition coefficient (Wildman–Crippen LogP) is 2.04. The number of hydrogen-bond donors (Lipinski definition) is 1. The van der Waals surface area contributed by atoms with E-state index >= 15 is 0 Å². The number of aromatic nitrogens is 2. The Morgan fingerprint density at radius 1 is 1.12 bits per heavy atom. The van der Waals surface area contributed by atoms with Crippen molar-refractivity contribution in [2.24, 2.45) is 0 Å². The van der Waals surface area contributed by atoms with Crippen LogP contribution in [0.5, 0.6) is 5.75 Å². The number of nitrogen functional groups attached to an aromatic ring is 1. The van der Waals surface area contributed by atoms with Crippen molar-refractivity contribution in [3.63, 3.8) is 0 Å². The van der Waals surface area contributed by atoms with Crippen LogP contribution in [0.3, 0.4) is 0 Å². The SMILES string of the molecule is COc1ccc(-c2cc(C)nc(N)n2)cc1. The largest absolute Gasteiger partial charge is 0.497 e. The van der Waals surface area contributed by atoms with Crippen molar-refractivity contribution in [2.75, 3.05) is 12.8 Å². The Morgan fingerprint density at radius 3 is 2.38 bits per heavy atom. The summed E-state index contributed by atoms with van der Waals surface area (Å²) in [5.41, 5.74) is 8.29. The molecule has 0 radical (unpaired) electrons. The third kappa shape index (κ3) is 2.11. The van der Waals surface area contributed by atoms with Crippen LogP contribution in [0.4, 0.5) is 5.95 Å². The first-order valence-corrected chi connectivity index (χ1v) is 4.94. The molecule has 0 aliphatic rings. The van der Waals surface area contributed by atoms with Crippen molar-refractivity contribution < 1.29 is 4.74 Å². The minimum Gasteiger partial charge on any atom is -0.497 e. The molecule has 0 aliphatic carbocycles. The zero-order valence-corrected chi connectivity index (χ0v) is 9.27. The summed E-state index contributed by atoms with van der Waals surface area (Å²) in [6, 6.07) is 9.57. The Balaban J connectivity index is 2.42. The summed E-state index contributed by atoms with van der Waals surface area (Å²) in [6.45, 7) is 1.89. The van der Waals surface area contributed by atoms with Crippen molar-refractivity contribution >= 4 is 5.95 Å². The van der Waals surface area contributed by atoms with Crippen LogP contribution < -0.4 is 10.5 Å². The number of anilines is 1. The standard InChI is InChI=1S/C12H13N3O/c1-8-7-11(15-12(13)14-8)9-3-5-10(16-2)6-4-9/h3-7H,1-2H3,(H2,13,14,15). The molecule has 0 saturated heterocycles. The van der Waals surface area contributed by atoms with Gasteiger partial charge in [-0.2, -0.15) is 0 Å². The summed E-state index contributed by atoms with van der Waals surface area (Å²) in [6.07, 6.45) is 0. The molecule has 0 spiro atoms. The highest BCUT2D eigenvalue weighted by atomic mass is 16.5. The second-order valence-corrected chi connectivity index (χ2v) is 3.48. The summed E-state index contributed by atoms with van der Waals surface area (Å²) in [5, 5.41) is 0. The normalized spacial score (nSPS) is 10.1. The first kappa shape index (κ1) is 10.4. The first-order valence-electron chi connectivity index (χ1n) is 4.94. The van der Waals surface area contributed by atoms with Gasteiger partial charge in [0.25, 0.3) is 0 Å². The predicted molar refractivity (Wildman–Crippen MR) is 63.2 cm³/mol. The van der Waals surface area contributed by atoms with Crippen molar-refractivity contribution in [3.05, 3.63) is 36.0 Å².